The lowest BCUT2D eigenvalue weighted by molar-refractivity contribution is -0.000497. The Balaban J connectivity index is 0.000000178. The minimum atomic E-state index is -0.370. The molecular formula is C38H38FN5O4S. The molecule has 3 aliphatic heterocycles. The summed E-state index contributed by atoms with van der Waals surface area (Å²) in [5.41, 5.74) is 6.98. The zero-order valence-corrected chi connectivity index (χ0v) is 28.6. The van der Waals surface area contributed by atoms with Crippen molar-refractivity contribution in [1.82, 2.24) is 9.97 Å². The first-order valence-corrected chi connectivity index (χ1v) is 17.3. The van der Waals surface area contributed by atoms with Crippen LogP contribution in [0.1, 0.15) is 50.4 Å². The minimum Gasteiger partial charge on any atom is -0.444 e. The van der Waals surface area contributed by atoms with Gasteiger partial charge in [-0.1, -0.05) is 0 Å². The number of fused-ring (bicyclic) bond motifs is 3. The Hall–Kier alpha value is -4.87. The van der Waals surface area contributed by atoms with Gasteiger partial charge < -0.3 is 24.3 Å². The van der Waals surface area contributed by atoms with E-state index in [0.29, 0.717) is 41.1 Å². The summed E-state index contributed by atoms with van der Waals surface area (Å²) >= 11 is 1.55. The summed E-state index contributed by atoms with van der Waals surface area (Å²) in [7, 11) is 1.83. The second kappa shape index (κ2) is 13.6. The van der Waals surface area contributed by atoms with E-state index in [1.807, 2.05) is 45.3 Å². The van der Waals surface area contributed by atoms with Gasteiger partial charge in [-0.3, -0.25) is 9.59 Å². The number of aryl methyl sites for hydroxylation is 2. The number of nitrogens with one attached hydrogen (secondary N) is 1. The Morgan fingerprint density at radius 3 is 2.53 bits per heavy atom. The van der Waals surface area contributed by atoms with Crippen molar-refractivity contribution in [2.24, 2.45) is 5.41 Å². The normalized spacial score (nSPS) is 16.1. The molecule has 0 saturated carbocycles. The van der Waals surface area contributed by atoms with E-state index >= 15 is 0 Å². The highest BCUT2D eigenvalue weighted by Crippen LogP contribution is 2.45. The zero-order valence-electron chi connectivity index (χ0n) is 27.8. The van der Waals surface area contributed by atoms with Gasteiger partial charge in [0.1, 0.15) is 17.9 Å². The van der Waals surface area contributed by atoms with Gasteiger partial charge in [0.05, 0.1) is 21.8 Å². The van der Waals surface area contributed by atoms with Crippen LogP contribution in [0.3, 0.4) is 0 Å². The number of nitrogens with zero attached hydrogens (tertiary/aromatic N) is 4. The average Bonchev–Trinajstić information content (AvgIpc) is 3.71. The summed E-state index contributed by atoms with van der Waals surface area (Å²) in [6.07, 6.45) is 7.28. The SMILES string of the molecule is CNc1ccc(C(=O)N2CCc3cc(-c4nc(C)co4)sc3-c3ccc(F)cc32)cc1.Cc1cnc(N2CC3(CCOCC3)C2)c(C=O)c1. The maximum absolute atomic E-state index is 14.2. The Morgan fingerprint density at radius 1 is 1.06 bits per heavy atom. The predicted octanol–water partition coefficient (Wildman–Crippen LogP) is 7.58. The van der Waals surface area contributed by atoms with Gasteiger partial charge in [-0.2, -0.15) is 0 Å². The molecule has 8 rings (SSSR count). The Labute approximate surface area is 288 Å². The van der Waals surface area contributed by atoms with Crippen LogP contribution in [0.15, 0.2) is 71.5 Å². The standard InChI is InChI=1S/C24H20FN3O2S.C14H18N2O2/c1-14-13-30-23(27-14)21-11-16-9-10-28(24(29)15-3-6-18(26-2)7-4-15)20-12-17(25)5-8-19(20)22(16)31-21;1-11-6-12(8-17)13(15-7-11)16-9-14(10-16)2-4-18-5-3-14/h3-8,11-13,26H,9-10H2,1-2H3;6-8H,2-5,9-10H2,1H3. The van der Waals surface area contributed by atoms with E-state index in [2.05, 4.69) is 26.3 Å². The van der Waals surface area contributed by atoms with E-state index in [9.17, 15) is 14.0 Å². The number of oxazole rings is 1. The molecule has 252 valence electrons. The van der Waals surface area contributed by atoms with Gasteiger partial charge in [0, 0.05) is 73.2 Å². The second-order valence-electron chi connectivity index (χ2n) is 13.0. The first kappa shape index (κ1) is 32.7. The van der Waals surface area contributed by atoms with Crippen LogP contribution in [-0.2, 0) is 11.2 Å². The van der Waals surface area contributed by atoms with E-state index in [-0.39, 0.29) is 11.7 Å². The lowest BCUT2D eigenvalue weighted by atomic mass is 9.73. The smallest absolute Gasteiger partial charge is 0.258 e. The highest BCUT2D eigenvalue weighted by molar-refractivity contribution is 7.19. The molecule has 1 spiro atoms. The van der Waals surface area contributed by atoms with Crippen molar-refractivity contribution in [3.05, 3.63) is 101 Å². The monoisotopic (exact) mass is 679 g/mol. The van der Waals surface area contributed by atoms with Crippen molar-refractivity contribution in [3.8, 4) is 21.2 Å². The van der Waals surface area contributed by atoms with Gasteiger partial charge in [-0.25, -0.2) is 14.4 Å². The summed E-state index contributed by atoms with van der Waals surface area (Å²) in [6.45, 7) is 8.05. The van der Waals surface area contributed by atoms with Crippen molar-refractivity contribution >= 4 is 40.7 Å². The molecule has 3 aliphatic rings. The summed E-state index contributed by atoms with van der Waals surface area (Å²) in [6, 6.07) is 15.9. The fraction of sp³-hybridized carbons (Fsp3) is 0.316. The van der Waals surface area contributed by atoms with Crippen LogP contribution in [0, 0.1) is 25.1 Å². The molecule has 1 N–H and O–H groups in total. The molecule has 3 aromatic heterocycles. The Morgan fingerprint density at radius 2 is 1.84 bits per heavy atom. The molecule has 6 heterocycles. The number of ether oxygens (including phenoxy) is 1. The number of amides is 1. The van der Waals surface area contributed by atoms with E-state index < -0.39 is 0 Å². The predicted molar refractivity (Wildman–Crippen MR) is 190 cm³/mol. The molecule has 9 nitrogen and oxygen atoms in total. The number of thiophene rings is 1. The molecule has 1 amide bonds. The van der Waals surface area contributed by atoms with Crippen LogP contribution in [0.25, 0.3) is 21.2 Å². The van der Waals surface area contributed by atoms with Crippen LogP contribution < -0.4 is 15.1 Å². The molecule has 0 atom stereocenters. The number of aromatic nitrogens is 2. The zero-order chi connectivity index (χ0) is 34.1. The van der Waals surface area contributed by atoms with Gasteiger partial charge in [0.15, 0.2) is 6.29 Å². The number of aldehydes is 1. The molecule has 0 unspecified atom stereocenters. The van der Waals surface area contributed by atoms with Crippen molar-refractivity contribution in [2.45, 2.75) is 33.1 Å². The van der Waals surface area contributed by atoms with Crippen LogP contribution >= 0.6 is 11.3 Å². The summed E-state index contributed by atoms with van der Waals surface area (Å²) in [4.78, 5) is 39.1. The summed E-state index contributed by atoms with van der Waals surface area (Å²) < 4.78 is 25.2. The molecule has 0 bridgehead atoms. The molecule has 2 aromatic carbocycles. The van der Waals surface area contributed by atoms with Gasteiger partial charge in [0.2, 0.25) is 5.89 Å². The van der Waals surface area contributed by atoms with E-state index in [4.69, 9.17) is 9.15 Å². The third kappa shape index (κ3) is 6.60. The average molecular weight is 680 g/mol. The molecule has 2 saturated heterocycles. The lowest BCUT2D eigenvalue weighted by Crippen LogP contribution is -2.59. The maximum Gasteiger partial charge on any atom is 0.258 e. The van der Waals surface area contributed by atoms with E-state index in [1.54, 1.807) is 40.7 Å². The van der Waals surface area contributed by atoms with E-state index in [1.165, 1.54) is 12.1 Å². The number of halogens is 1. The Kier molecular flexibility index (Phi) is 9.04. The van der Waals surface area contributed by atoms with Crippen molar-refractivity contribution < 1.29 is 23.1 Å². The first-order chi connectivity index (χ1) is 23.8. The molecule has 5 aromatic rings. The van der Waals surface area contributed by atoms with Gasteiger partial charge in [-0.05, 0) is 98.8 Å². The lowest BCUT2D eigenvalue weighted by Gasteiger charge is -2.53. The number of pyridine rings is 1. The fourth-order valence-electron chi connectivity index (χ4n) is 6.80. The minimum absolute atomic E-state index is 0.145. The second-order valence-corrected chi connectivity index (χ2v) is 14.0. The quantitative estimate of drug-likeness (QED) is 0.190. The Bertz CT molecular complexity index is 1990. The van der Waals surface area contributed by atoms with Crippen LogP contribution in [0.4, 0.5) is 21.6 Å². The van der Waals surface area contributed by atoms with E-state index in [0.717, 1.165) is 89.1 Å². The topological polar surface area (TPSA) is 101 Å². The van der Waals surface area contributed by atoms with Crippen LogP contribution in [0.2, 0.25) is 0 Å². The molecule has 2 fully saturated rings. The first-order valence-electron chi connectivity index (χ1n) is 16.5. The fourth-order valence-corrected chi connectivity index (χ4v) is 7.98. The van der Waals surface area contributed by atoms with Gasteiger partial charge >= 0.3 is 0 Å². The number of benzene rings is 2. The largest absolute Gasteiger partial charge is 0.444 e. The maximum atomic E-state index is 14.2. The van der Waals surface area contributed by atoms with Crippen molar-refractivity contribution in [2.75, 3.05) is 55.0 Å². The highest BCUT2D eigenvalue weighted by atomic mass is 32.1. The van der Waals surface area contributed by atoms with Gasteiger partial charge in [0.25, 0.3) is 5.91 Å². The molecule has 49 heavy (non-hydrogen) atoms. The molecule has 11 heteroatoms. The van der Waals surface area contributed by atoms with Crippen LogP contribution in [0.5, 0.6) is 0 Å². The number of hydrogen-bond donors (Lipinski definition) is 1. The molecule has 0 radical (unpaired) electrons. The third-order valence-electron chi connectivity index (χ3n) is 9.47. The number of anilines is 3. The number of rotatable bonds is 5. The van der Waals surface area contributed by atoms with Crippen LogP contribution in [-0.4, -0.2) is 62.1 Å². The molecular weight excluding hydrogens is 642 g/mol. The van der Waals surface area contributed by atoms with Crippen molar-refractivity contribution in [1.29, 1.82) is 0 Å². The highest BCUT2D eigenvalue weighted by Gasteiger charge is 2.44. The summed E-state index contributed by atoms with van der Waals surface area (Å²) in [5.74, 6) is 0.906. The third-order valence-corrected chi connectivity index (χ3v) is 10.7. The summed E-state index contributed by atoms with van der Waals surface area (Å²) in [5, 5.41) is 3.05. The van der Waals surface area contributed by atoms with Crippen molar-refractivity contribution in [3.63, 3.8) is 0 Å². The molecule has 0 aliphatic carbocycles. The van der Waals surface area contributed by atoms with Gasteiger partial charge in [-0.15, -0.1) is 11.3 Å². The number of carbonyl (C=O) groups excluding carboxylic acids is 2. The number of hydrogen-bond acceptors (Lipinski definition) is 9. The number of carbonyl (C=O) groups is 2.